The number of rotatable bonds is 7. The Morgan fingerprint density at radius 3 is 2.33 bits per heavy atom. The Labute approximate surface area is 177 Å². The molecule has 1 amide bonds. The molecule has 0 aliphatic heterocycles. The van der Waals surface area contributed by atoms with Gasteiger partial charge in [-0.25, -0.2) is 13.1 Å². The van der Waals surface area contributed by atoms with Crippen LogP contribution < -0.4 is 10.0 Å². The van der Waals surface area contributed by atoms with Gasteiger partial charge in [0.2, 0.25) is 0 Å². The Balaban J connectivity index is 1.78. The average Bonchev–Trinajstić information content (AvgIpc) is 3.06. The summed E-state index contributed by atoms with van der Waals surface area (Å²) in [7, 11) is -3.93. The van der Waals surface area contributed by atoms with Gasteiger partial charge in [-0.2, -0.15) is 5.10 Å². The third kappa shape index (κ3) is 4.78. The van der Waals surface area contributed by atoms with Crippen molar-refractivity contribution in [2.45, 2.75) is 11.8 Å². The maximum atomic E-state index is 12.7. The molecule has 1 aromatic heterocycles. The van der Waals surface area contributed by atoms with Crippen molar-refractivity contribution < 1.29 is 23.1 Å². The van der Waals surface area contributed by atoms with Crippen LogP contribution in [0.5, 0.6) is 0 Å². The number of halogens is 1. The fraction of sp³-hybridized carbons (Fsp3) is 0.105. The molecule has 11 heteroatoms. The number of carbonyl (C=O) groups is 2. The fourth-order valence-corrected chi connectivity index (χ4v) is 3.83. The number of sulfonamides is 1. The first-order valence-corrected chi connectivity index (χ1v) is 10.5. The summed E-state index contributed by atoms with van der Waals surface area (Å²) < 4.78 is 29.4. The first-order valence-electron chi connectivity index (χ1n) is 8.61. The highest BCUT2D eigenvalue weighted by molar-refractivity contribution is 7.92. The molecule has 0 saturated heterocycles. The number of hydrogen-bond acceptors (Lipinski definition) is 5. The molecular formula is C19H17ClN4O5S. The lowest BCUT2D eigenvalue weighted by Crippen LogP contribution is -2.29. The number of carboxylic acids is 1. The molecule has 0 fully saturated rings. The number of carboxylic acid groups (broad SMARTS) is 1. The smallest absolute Gasteiger partial charge is 0.322 e. The molecule has 9 nitrogen and oxygen atoms in total. The van der Waals surface area contributed by atoms with Gasteiger partial charge in [-0.05, 0) is 55.5 Å². The van der Waals surface area contributed by atoms with Crippen LogP contribution >= 0.6 is 11.6 Å². The minimum atomic E-state index is -3.93. The molecule has 156 valence electrons. The predicted molar refractivity (Wildman–Crippen MR) is 111 cm³/mol. The largest absolute Gasteiger partial charge is 0.480 e. The molecule has 3 aromatic rings. The number of aromatic nitrogens is 2. The van der Waals surface area contributed by atoms with Crippen LogP contribution in [0.3, 0.4) is 0 Å². The Kier molecular flexibility index (Phi) is 6.09. The summed E-state index contributed by atoms with van der Waals surface area (Å²) in [4.78, 5) is 22.3. The third-order valence-electron chi connectivity index (χ3n) is 4.15. The van der Waals surface area contributed by atoms with Crippen molar-refractivity contribution in [3.05, 3.63) is 71.0 Å². The molecule has 3 rings (SSSR count). The first-order chi connectivity index (χ1) is 14.2. The standard InChI is InChI=1S/C19H17ClN4O5S/c1-12-17(10-22-24(12)15-6-4-14(20)5-7-15)23-30(28,29)16-8-2-13(3-9-16)19(27)21-11-18(25)26/h2-10,23H,11H2,1H3,(H,21,27)(H,25,26). The zero-order valence-corrected chi connectivity index (χ0v) is 17.2. The number of carbonyl (C=O) groups excluding carboxylic acids is 1. The molecular weight excluding hydrogens is 432 g/mol. The van der Waals surface area contributed by atoms with Crippen LogP contribution in [0.4, 0.5) is 5.69 Å². The van der Waals surface area contributed by atoms with E-state index in [0.29, 0.717) is 16.4 Å². The lowest BCUT2D eigenvalue weighted by molar-refractivity contribution is -0.135. The van der Waals surface area contributed by atoms with E-state index in [0.717, 1.165) is 5.69 Å². The summed E-state index contributed by atoms with van der Waals surface area (Å²) >= 11 is 5.89. The third-order valence-corrected chi connectivity index (χ3v) is 5.79. The molecule has 1 heterocycles. The van der Waals surface area contributed by atoms with Crippen LogP contribution in [0.25, 0.3) is 5.69 Å². The average molecular weight is 449 g/mol. The van der Waals surface area contributed by atoms with E-state index in [-0.39, 0.29) is 10.5 Å². The maximum absolute atomic E-state index is 12.7. The van der Waals surface area contributed by atoms with E-state index in [2.05, 4.69) is 15.1 Å². The number of nitrogens with one attached hydrogen (secondary N) is 2. The van der Waals surface area contributed by atoms with E-state index in [9.17, 15) is 18.0 Å². The molecule has 0 bridgehead atoms. The van der Waals surface area contributed by atoms with Gasteiger partial charge in [0.25, 0.3) is 15.9 Å². The van der Waals surface area contributed by atoms with Gasteiger partial charge in [0.05, 0.1) is 28.2 Å². The van der Waals surface area contributed by atoms with Gasteiger partial charge < -0.3 is 10.4 Å². The Bertz CT molecular complexity index is 1190. The number of hydrogen-bond donors (Lipinski definition) is 3. The predicted octanol–water partition coefficient (Wildman–Crippen LogP) is 2.45. The van der Waals surface area contributed by atoms with Crippen LogP contribution in [-0.2, 0) is 14.8 Å². The van der Waals surface area contributed by atoms with E-state index in [1.807, 2.05) is 0 Å². The number of benzene rings is 2. The molecule has 3 N–H and O–H groups in total. The summed E-state index contributed by atoms with van der Waals surface area (Å²) in [6.07, 6.45) is 1.40. The minimum Gasteiger partial charge on any atom is -0.480 e. The van der Waals surface area contributed by atoms with Gasteiger partial charge in [-0.3, -0.25) is 14.3 Å². The van der Waals surface area contributed by atoms with Crippen LogP contribution in [-0.4, -0.2) is 41.7 Å². The van der Waals surface area contributed by atoms with Gasteiger partial charge in [0.1, 0.15) is 6.54 Å². The summed E-state index contributed by atoms with van der Waals surface area (Å²) in [5.41, 5.74) is 1.74. The quantitative estimate of drug-likeness (QED) is 0.509. The van der Waals surface area contributed by atoms with Gasteiger partial charge in [0, 0.05) is 10.6 Å². The lowest BCUT2D eigenvalue weighted by atomic mass is 10.2. The highest BCUT2D eigenvalue weighted by Crippen LogP contribution is 2.23. The molecule has 0 atom stereocenters. The molecule has 0 saturated carbocycles. The van der Waals surface area contributed by atoms with E-state index < -0.39 is 28.4 Å². The summed E-state index contributed by atoms with van der Waals surface area (Å²) in [6, 6.07) is 12.1. The van der Waals surface area contributed by atoms with E-state index in [1.165, 1.54) is 30.5 Å². The molecule has 0 aliphatic rings. The van der Waals surface area contributed by atoms with Crippen molar-refractivity contribution in [2.24, 2.45) is 0 Å². The normalized spacial score (nSPS) is 11.1. The Hall–Kier alpha value is -3.37. The Morgan fingerprint density at radius 2 is 1.73 bits per heavy atom. The molecule has 0 spiro atoms. The highest BCUT2D eigenvalue weighted by atomic mass is 35.5. The molecule has 0 radical (unpaired) electrons. The van der Waals surface area contributed by atoms with Crippen molar-refractivity contribution in [2.75, 3.05) is 11.3 Å². The monoisotopic (exact) mass is 448 g/mol. The zero-order chi connectivity index (χ0) is 21.9. The Morgan fingerprint density at radius 1 is 1.10 bits per heavy atom. The second-order valence-electron chi connectivity index (χ2n) is 6.24. The highest BCUT2D eigenvalue weighted by Gasteiger charge is 2.18. The molecule has 2 aromatic carbocycles. The minimum absolute atomic E-state index is 0.0593. The second-order valence-corrected chi connectivity index (χ2v) is 8.36. The van der Waals surface area contributed by atoms with Gasteiger partial charge >= 0.3 is 5.97 Å². The molecule has 30 heavy (non-hydrogen) atoms. The summed E-state index contributed by atoms with van der Waals surface area (Å²) in [5, 5.41) is 15.6. The van der Waals surface area contributed by atoms with Gasteiger partial charge in [0.15, 0.2) is 0 Å². The molecule has 0 unspecified atom stereocenters. The first kappa shape index (κ1) is 21.3. The van der Waals surface area contributed by atoms with Crippen LogP contribution in [0, 0.1) is 6.92 Å². The van der Waals surface area contributed by atoms with Crippen molar-refractivity contribution >= 4 is 39.2 Å². The topological polar surface area (TPSA) is 130 Å². The summed E-state index contributed by atoms with van der Waals surface area (Å²) in [6.45, 7) is 1.19. The van der Waals surface area contributed by atoms with Crippen molar-refractivity contribution in [1.82, 2.24) is 15.1 Å². The number of nitrogens with zero attached hydrogens (tertiary/aromatic N) is 2. The zero-order valence-electron chi connectivity index (χ0n) is 15.7. The van der Waals surface area contributed by atoms with Gasteiger partial charge in [-0.15, -0.1) is 0 Å². The summed E-state index contributed by atoms with van der Waals surface area (Å²) in [5.74, 6) is -1.80. The SMILES string of the molecule is Cc1c(NS(=O)(=O)c2ccc(C(=O)NCC(=O)O)cc2)cnn1-c1ccc(Cl)cc1. The number of aliphatic carboxylic acids is 1. The van der Waals surface area contributed by atoms with Gasteiger partial charge in [-0.1, -0.05) is 11.6 Å². The van der Waals surface area contributed by atoms with E-state index in [4.69, 9.17) is 16.7 Å². The van der Waals surface area contributed by atoms with Crippen molar-refractivity contribution in [1.29, 1.82) is 0 Å². The van der Waals surface area contributed by atoms with Crippen molar-refractivity contribution in [3.8, 4) is 5.69 Å². The van der Waals surface area contributed by atoms with E-state index in [1.54, 1.807) is 35.9 Å². The van der Waals surface area contributed by atoms with Crippen LogP contribution in [0.1, 0.15) is 16.1 Å². The number of amides is 1. The molecule has 0 aliphatic carbocycles. The lowest BCUT2D eigenvalue weighted by Gasteiger charge is -2.09. The second kappa shape index (κ2) is 8.56. The van der Waals surface area contributed by atoms with Crippen LogP contribution in [0.2, 0.25) is 5.02 Å². The van der Waals surface area contributed by atoms with Crippen LogP contribution in [0.15, 0.2) is 59.6 Å². The maximum Gasteiger partial charge on any atom is 0.322 e. The number of anilines is 1. The van der Waals surface area contributed by atoms with Crippen molar-refractivity contribution in [3.63, 3.8) is 0 Å². The fourth-order valence-electron chi connectivity index (χ4n) is 2.60. The van der Waals surface area contributed by atoms with E-state index >= 15 is 0 Å².